The van der Waals surface area contributed by atoms with E-state index in [1.54, 1.807) is 37.3 Å². The predicted octanol–water partition coefficient (Wildman–Crippen LogP) is 3.07. The van der Waals surface area contributed by atoms with Gasteiger partial charge in [-0.15, -0.1) is 0 Å². The molecule has 0 heterocycles. The van der Waals surface area contributed by atoms with Gasteiger partial charge in [-0.25, -0.2) is 0 Å². The van der Waals surface area contributed by atoms with E-state index < -0.39 is 12.0 Å². The number of oxime groups is 1. The fraction of sp³-hybridized carbons (Fsp3) is 0.167. The Balaban J connectivity index is 1.92. The molecule has 0 radical (unpaired) electrons. The van der Waals surface area contributed by atoms with E-state index in [2.05, 4.69) is 10.5 Å². The Morgan fingerprint density at radius 3 is 2.84 bits per heavy atom. The molecular weight excluding hydrogens is 340 g/mol. The maximum absolute atomic E-state index is 12.1. The number of anilines is 1. The number of hydrogen-bond acceptors (Lipinski definition) is 4. The number of nitrogens with zero attached hydrogens (tertiary/aromatic N) is 2. The van der Waals surface area contributed by atoms with Crippen molar-refractivity contribution in [1.82, 2.24) is 0 Å². The van der Waals surface area contributed by atoms with Gasteiger partial charge in [0.25, 0.3) is 5.91 Å². The van der Waals surface area contributed by atoms with Crippen molar-refractivity contribution >= 4 is 29.0 Å². The normalized spacial score (nSPS) is 12.1. The van der Waals surface area contributed by atoms with Gasteiger partial charge in [0.1, 0.15) is 5.84 Å². The van der Waals surface area contributed by atoms with Crippen molar-refractivity contribution in [2.75, 3.05) is 5.32 Å². The van der Waals surface area contributed by atoms with E-state index in [1.807, 2.05) is 24.3 Å². The molecule has 1 unspecified atom stereocenters. The number of rotatable bonds is 6. The van der Waals surface area contributed by atoms with E-state index in [-0.39, 0.29) is 5.84 Å². The first-order valence-electron chi connectivity index (χ1n) is 7.52. The number of carbonyl (C=O) groups excluding carboxylic acids is 1. The van der Waals surface area contributed by atoms with Crippen LogP contribution < -0.4 is 11.1 Å². The molecule has 2 aromatic carbocycles. The van der Waals surface area contributed by atoms with Crippen LogP contribution in [0.3, 0.4) is 0 Å². The third-order valence-corrected chi connectivity index (χ3v) is 3.65. The Morgan fingerprint density at radius 1 is 1.36 bits per heavy atom. The van der Waals surface area contributed by atoms with E-state index in [1.165, 1.54) is 0 Å². The van der Waals surface area contributed by atoms with Crippen molar-refractivity contribution in [2.24, 2.45) is 10.9 Å². The molecule has 0 aliphatic heterocycles. The third kappa shape index (κ3) is 5.52. The van der Waals surface area contributed by atoms with Crippen LogP contribution in [0.15, 0.2) is 53.7 Å². The summed E-state index contributed by atoms with van der Waals surface area (Å²) >= 11 is 6.06. The molecule has 2 rings (SSSR count). The highest BCUT2D eigenvalue weighted by atomic mass is 35.5. The number of nitriles is 1. The topological polar surface area (TPSA) is 100 Å². The summed E-state index contributed by atoms with van der Waals surface area (Å²) in [6.45, 7) is 1.55. The number of nitrogens with one attached hydrogen (secondary N) is 1. The lowest BCUT2D eigenvalue weighted by Crippen LogP contribution is -2.27. The standard InChI is InChI=1S/C18H17ClN4O2/c1-12(18(24)22-15-7-4-5-13(9-15)11-20)25-23-17(21)10-14-6-2-3-8-16(14)19/h2-9,12H,10H2,1H3,(H2,21,23)(H,22,24). The number of carbonyl (C=O) groups is 1. The van der Waals surface area contributed by atoms with Crippen LogP contribution in [-0.4, -0.2) is 17.8 Å². The van der Waals surface area contributed by atoms with Crippen molar-refractivity contribution in [1.29, 1.82) is 5.26 Å². The van der Waals surface area contributed by atoms with Gasteiger partial charge in [0, 0.05) is 17.1 Å². The lowest BCUT2D eigenvalue weighted by molar-refractivity contribution is -0.126. The van der Waals surface area contributed by atoms with Crippen molar-refractivity contribution in [3.05, 3.63) is 64.7 Å². The SMILES string of the molecule is CC(O/N=C(\N)Cc1ccccc1Cl)C(=O)Nc1cccc(C#N)c1. The van der Waals surface area contributed by atoms with E-state index in [9.17, 15) is 4.79 Å². The molecule has 25 heavy (non-hydrogen) atoms. The summed E-state index contributed by atoms with van der Waals surface area (Å²) in [5.41, 5.74) is 7.59. The van der Waals surface area contributed by atoms with Crippen LogP contribution in [0.4, 0.5) is 5.69 Å². The monoisotopic (exact) mass is 356 g/mol. The van der Waals surface area contributed by atoms with Crippen LogP contribution in [0.1, 0.15) is 18.1 Å². The zero-order valence-electron chi connectivity index (χ0n) is 13.6. The predicted molar refractivity (Wildman–Crippen MR) is 97.1 cm³/mol. The van der Waals surface area contributed by atoms with Gasteiger partial charge >= 0.3 is 0 Å². The third-order valence-electron chi connectivity index (χ3n) is 3.29. The molecule has 7 heteroatoms. The first-order valence-corrected chi connectivity index (χ1v) is 7.90. The van der Waals surface area contributed by atoms with Crippen LogP contribution >= 0.6 is 11.6 Å². The smallest absolute Gasteiger partial charge is 0.267 e. The molecule has 0 aliphatic rings. The minimum Gasteiger partial charge on any atom is -0.384 e. The highest BCUT2D eigenvalue weighted by Crippen LogP contribution is 2.15. The highest BCUT2D eigenvalue weighted by molar-refractivity contribution is 6.31. The molecular formula is C18H17ClN4O2. The zero-order valence-corrected chi connectivity index (χ0v) is 14.3. The van der Waals surface area contributed by atoms with Gasteiger partial charge in [0.05, 0.1) is 11.6 Å². The highest BCUT2D eigenvalue weighted by Gasteiger charge is 2.15. The van der Waals surface area contributed by atoms with Crippen LogP contribution in [0, 0.1) is 11.3 Å². The van der Waals surface area contributed by atoms with Crippen molar-refractivity contribution in [3.63, 3.8) is 0 Å². The summed E-state index contributed by atoms with van der Waals surface area (Å²) in [4.78, 5) is 17.2. The van der Waals surface area contributed by atoms with E-state index in [0.29, 0.717) is 22.7 Å². The molecule has 0 fully saturated rings. The summed E-state index contributed by atoms with van der Waals surface area (Å²) in [5.74, 6) is -0.191. The van der Waals surface area contributed by atoms with Crippen molar-refractivity contribution < 1.29 is 9.63 Å². The molecule has 1 atom stereocenters. The Morgan fingerprint density at radius 2 is 2.12 bits per heavy atom. The van der Waals surface area contributed by atoms with Crippen LogP contribution in [0.5, 0.6) is 0 Å². The molecule has 6 nitrogen and oxygen atoms in total. The van der Waals surface area contributed by atoms with Gasteiger partial charge in [0.15, 0.2) is 0 Å². The minimum atomic E-state index is -0.851. The molecule has 0 saturated heterocycles. The first-order chi connectivity index (χ1) is 12.0. The molecule has 0 bridgehead atoms. The average Bonchev–Trinajstić information content (AvgIpc) is 2.61. The number of hydrogen-bond donors (Lipinski definition) is 2. The Hall–Kier alpha value is -3.04. The molecule has 3 N–H and O–H groups in total. The van der Waals surface area contributed by atoms with Gasteiger partial charge in [-0.3, -0.25) is 4.79 Å². The number of benzene rings is 2. The van der Waals surface area contributed by atoms with Gasteiger partial charge < -0.3 is 15.9 Å². The van der Waals surface area contributed by atoms with Gasteiger partial charge in [-0.2, -0.15) is 5.26 Å². The second kappa shape index (κ2) is 8.71. The molecule has 128 valence electrons. The minimum absolute atomic E-state index is 0.208. The number of amidine groups is 1. The lowest BCUT2D eigenvalue weighted by Gasteiger charge is -2.11. The fourth-order valence-electron chi connectivity index (χ4n) is 1.97. The second-order valence-electron chi connectivity index (χ2n) is 5.28. The maximum Gasteiger partial charge on any atom is 0.267 e. The van der Waals surface area contributed by atoms with Gasteiger partial charge in [-0.1, -0.05) is 41.0 Å². The van der Waals surface area contributed by atoms with Gasteiger partial charge in [0.2, 0.25) is 6.10 Å². The van der Waals surface area contributed by atoms with E-state index in [4.69, 9.17) is 27.4 Å². The quantitative estimate of drug-likeness (QED) is 0.472. The van der Waals surface area contributed by atoms with Crippen molar-refractivity contribution in [2.45, 2.75) is 19.4 Å². The van der Waals surface area contributed by atoms with Crippen LogP contribution in [-0.2, 0) is 16.1 Å². The maximum atomic E-state index is 12.1. The molecule has 0 aromatic heterocycles. The van der Waals surface area contributed by atoms with Crippen LogP contribution in [0.25, 0.3) is 0 Å². The second-order valence-corrected chi connectivity index (χ2v) is 5.69. The molecule has 1 amide bonds. The first kappa shape index (κ1) is 18.3. The Bertz CT molecular complexity index is 830. The van der Waals surface area contributed by atoms with E-state index in [0.717, 1.165) is 5.56 Å². The molecule has 2 aromatic rings. The summed E-state index contributed by atoms with van der Waals surface area (Å²) in [6, 6.07) is 15.9. The van der Waals surface area contributed by atoms with Crippen LogP contribution in [0.2, 0.25) is 5.02 Å². The summed E-state index contributed by atoms with van der Waals surface area (Å²) < 4.78 is 0. The summed E-state index contributed by atoms with van der Waals surface area (Å²) in [6.07, 6.45) is -0.534. The number of halogens is 1. The summed E-state index contributed by atoms with van der Waals surface area (Å²) in [7, 11) is 0. The van der Waals surface area contributed by atoms with Gasteiger partial charge in [-0.05, 0) is 36.8 Å². The largest absolute Gasteiger partial charge is 0.384 e. The Labute approximate surface area is 150 Å². The number of amides is 1. The number of nitrogens with two attached hydrogens (primary N) is 1. The van der Waals surface area contributed by atoms with Crippen molar-refractivity contribution in [3.8, 4) is 6.07 Å². The summed E-state index contributed by atoms with van der Waals surface area (Å²) in [5, 5.41) is 15.9. The molecule has 0 aliphatic carbocycles. The molecule has 0 saturated carbocycles. The molecule has 0 spiro atoms. The average molecular weight is 357 g/mol. The lowest BCUT2D eigenvalue weighted by atomic mass is 10.1. The fourth-order valence-corrected chi connectivity index (χ4v) is 2.18. The van der Waals surface area contributed by atoms with E-state index >= 15 is 0 Å². The zero-order chi connectivity index (χ0) is 18.2. The Kier molecular flexibility index (Phi) is 6.38.